The normalized spacial score (nSPS) is 12.5. The molecular formula is C16H18F2N2. The van der Waals surface area contributed by atoms with Crippen LogP contribution in [-0.2, 0) is 0 Å². The Morgan fingerprint density at radius 3 is 2.30 bits per heavy atom. The average molecular weight is 276 g/mol. The van der Waals surface area contributed by atoms with Crippen LogP contribution in [0.25, 0.3) is 0 Å². The van der Waals surface area contributed by atoms with Crippen LogP contribution >= 0.6 is 0 Å². The van der Waals surface area contributed by atoms with Crippen LogP contribution in [0.15, 0.2) is 30.3 Å². The summed E-state index contributed by atoms with van der Waals surface area (Å²) >= 11 is 0. The van der Waals surface area contributed by atoms with Crippen LogP contribution < -0.4 is 11.3 Å². The number of nitrogens with two attached hydrogens (primary N) is 1. The number of hydrazine groups is 1. The topological polar surface area (TPSA) is 38.0 Å². The number of aryl methyl sites for hydroxylation is 3. The Kier molecular flexibility index (Phi) is 4.16. The van der Waals surface area contributed by atoms with Gasteiger partial charge in [0.25, 0.3) is 0 Å². The zero-order valence-electron chi connectivity index (χ0n) is 11.8. The van der Waals surface area contributed by atoms with Gasteiger partial charge < -0.3 is 0 Å². The number of benzene rings is 2. The zero-order valence-corrected chi connectivity index (χ0v) is 11.8. The molecule has 0 amide bonds. The van der Waals surface area contributed by atoms with Gasteiger partial charge in [0.05, 0.1) is 6.04 Å². The maximum Gasteiger partial charge on any atom is 0.134 e. The first-order valence-corrected chi connectivity index (χ1v) is 6.43. The Balaban J connectivity index is 2.64. The molecule has 2 rings (SSSR count). The standard InChI is InChI=1S/C16H18F2N2/c1-9-4-5-10(2)12(8-9)16(20-19)14-13(17)7-6-11(3)15(14)18/h4-8,16,20H,19H2,1-3H3. The smallest absolute Gasteiger partial charge is 0.134 e. The van der Waals surface area contributed by atoms with E-state index < -0.39 is 17.7 Å². The van der Waals surface area contributed by atoms with E-state index in [1.807, 2.05) is 32.0 Å². The van der Waals surface area contributed by atoms with Gasteiger partial charge in [-0.1, -0.05) is 29.8 Å². The van der Waals surface area contributed by atoms with Crippen LogP contribution in [0.1, 0.15) is 33.9 Å². The largest absolute Gasteiger partial charge is 0.271 e. The maximum absolute atomic E-state index is 14.3. The van der Waals surface area contributed by atoms with Crippen molar-refractivity contribution in [2.45, 2.75) is 26.8 Å². The second-order valence-electron chi connectivity index (χ2n) is 5.05. The first-order valence-electron chi connectivity index (χ1n) is 6.43. The summed E-state index contributed by atoms with van der Waals surface area (Å²) in [7, 11) is 0. The molecule has 0 radical (unpaired) electrons. The van der Waals surface area contributed by atoms with Gasteiger partial charge in [-0.2, -0.15) is 0 Å². The fourth-order valence-electron chi connectivity index (χ4n) is 2.34. The summed E-state index contributed by atoms with van der Waals surface area (Å²) in [5.41, 5.74) is 5.60. The van der Waals surface area contributed by atoms with Gasteiger partial charge >= 0.3 is 0 Å². The molecule has 2 aromatic rings. The van der Waals surface area contributed by atoms with Crippen molar-refractivity contribution in [2.24, 2.45) is 5.84 Å². The third kappa shape index (κ3) is 2.57. The molecule has 0 saturated carbocycles. The minimum absolute atomic E-state index is 0.0406. The molecule has 0 fully saturated rings. The van der Waals surface area contributed by atoms with E-state index in [1.165, 1.54) is 12.1 Å². The van der Waals surface area contributed by atoms with Crippen LogP contribution in [-0.4, -0.2) is 0 Å². The van der Waals surface area contributed by atoms with Gasteiger partial charge in [-0.3, -0.25) is 5.84 Å². The molecule has 3 N–H and O–H groups in total. The first-order chi connectivity index (χ1) is 9.45. The van der Waals surface area contributed by atoms with Crippen LogP contribution in [0.4, 0.5) is 8.78 Å². The molecule has 2 aromatic carbocycles. The van der Waals surface area contributed by atoms with Crippen molar-refractivity contribution >= 4 is 0 Å². The third-order valence-electron chi connectivity index (χ3n) is 3.52. The molecule has 1 atom stereocenters. The molecule has 0 spiro atoms. The van der Waals surface area contributed by atoms with Gasteiger partial charge in [-0.25, -0.2) is 14.2 Å². The quantitative estimate of drug-likeness (QED) is 0.665. The number of hydrogen-bond acceptors (Lipinski definition) is 2. The zero-order chi connectivity index (χ0) is 14.9. The Morgan fingerprint density at radius 2 is 1.65 bits per heavy atom. The van der Waals surface area contributed by atoms with Crippen molar-refractivity contribution < 1.29 is 8.78 Å². The Bertz CT molecular complexity index is 639. The second-order valence-corrected chi connectivity index (χ2v) is 5.05. The van der Waals surface area contributed by atoms with Crippen molar-refractivity contribution in [1.29, 1.82) is 0 Å². The highest BCUT2D eigenvalue weighted by atomic mass is 19.1. The summed E-state index contributed by atoms with van der Waals surface area (Å²) in [6, 6.07) is 7.74. The second kappa shape index (κ2) is 5.69. The molecule has 0 aliphatic carbocycles. The van der Waals surface area contributed by atoms with E-state index in [4.69, 9.17) is 5.84 Å². The SMILES string of the molecule is Cc1ccc(C)c(C(NN)c2c(F)ccc(C)c2F)c1. The van der Waals surface area contributed by atoms with Gasteiger partial charge in [0.15, 0.2) is 0 Å². The van der Waals surface area contributed by atoms with Crippen molar-refractivity contribution in [1.82, 2.24) is 5.43 Å². The maximum atomic E-state index is 14.3. The number of nitrogens with one attached hydrogen (secondary N) is 1. The summed E-state index contributed by atoms with van der Waals surface area (Å²) in [5, 5.41) is 0. The molecule has 0 aliphatic rings. The molecule has 2 nitrogen and oxygen atoms in total. The third-order valence-corrected chi connectivity index (χ3v) is 3.52. The average Bonchev–Trinajstić information content (AvgIpc) is 2.42. The van der Waals surface area contributed by atoms with Crippen molar-refractivity contribution in [2.75, 3.05) is 0 Å². The van der Waals surface area contributed by atoms with Gasteiger partial charge in [0.2, 0.25) is 0 Å². The van der Waals surface area contributed by atoms with E-state index in [9.17, 15) is 8.78 Å². The van der Waals surface area contributed by atoms with E-state index >= 15 is 0 Å². The highest BCUT2D eigenvalue weighted by Crippen LogP contribution is 2.30. The van der Waals surface area contributed by atoms with Crippen molar-refractivity contribution in [3.05, 3.63) is 69.8 Å². The fourth-order valence-corrected chi connectivity index (χ4v) is 2.34. The van der Waals surface area contributed by atoms with Crippen molar-refractivity contribution in [3.63, 3.8) is 0 Å². The lowest BCUT2D eigenvalue weighted by Crippen LogP contribution is -2.31. The molecule has 4 heteroatoms. The Hall–Kier alpha value is -1.78. The number of rotatable bonds is 3. The summed E-state index contributed by atoms with van der Waals surface area (Å²) in [4.78, 5) is 0. The summed E-state index contributed by atoms with van der Waals surface area (Å²) < 4.78 is 28.3. The lowest BCUT2D eigenvalue weighted by Gasteiger charge is -2.21. The summed E-state index contributed by atoms with van der Waals surface area (Å²) in [5.74, 6) is 4.40. The van der Waals surface area contributed by atoms with E-state index in [1.54, 1.807) is 6.92 Å². The summed E-state index contributed by atoms with van der Waals surface area (Å²) in [6.07, 6.45) is 0. The van der Waals surface area contributed by atoms with Crippen LogP contribution in [0.3, 0.4) is 0 Å². The van der Waals surface area contributed by atoms with Gasteiger partial charge in [0, 0.05) is 5.56 Å². The highest BCUT2D eigenvalue weighted by molar-refractivity contribution is 5.41. The van der Waals surface area contributed by atoms with E-state index in [-0.39, 0.29) is 5.56 Å². The molecule has 1 unspecified atom stereocenters. The molecule has 0 bridgehead atoms. The number of hydrogen-bond donors (Lipinski definition) is 2. The van der Waals surface area contributed by atoms with Crippen LogP contribution in [0.2, 0.25) is 0 Å². The molecule has 0 heterocycles. The molecule has 0 aromatic heterocycles. The number of halogens is 2. The lowest BCUT2D eigenvalue weighted by atomic mass is 9.92. The minimum Gasteiger partial charge on any atom is -0.271 e. The van der Waals surface area contributed by atoms with Gasteiger partial charge in [-0.15, -0.1) is 0 Å². The summed E-state index contributed by atoms with van der Waals surface area (Å²) in [6.45, 7) is 5.43. The van der Waals surface area contributed by atoms with Crippen LogP contribution in [0, 0.1) is 32.4 Å². The van der Waals surface area contributed by atoms with E-state index in [0.717, 1.165) is 16.7 Å². The van der Waals surface area contributed by atoms with E-state index in [0.29, 0.717) is 5.56 Å². The minimum atomic E-state index is -0.713. The molecule has 0 saturated heterocycles. The Morgan fingerprint density at radius 1 is 1.00 bits per heavy atom. The Labute approximate surface area is 117 Å². The highest BCUT2D eigenvalue weighted by Gasteiger charge is 2.23. The molecule has 106 valence electrons. The lowest BCUT2D eigenvalue weighted by molar-refractivity contribution is 0.505. The monoisotopic (exact) mass is 276 g/mol. The van der Waals surface area contributed by atoms with Gasteiger partial charge in [0.1, 0.15) is 11.6 Å². The van der Waals surface area contributed by atoms with E-state index in [2.05, 4.69) is 5.43 Å². The van der Waals surface area contributed by atoms with Crippen LogP contribution in [0.5, 0.6) is 0 Å². The molecule has 20 heavy (non-hydrogen) atoms. The fraction of sp³-hybridized carbons (Fsp3) is 0.250. The van der Waals surface area contributed by atoms with Crippen molar-refractivity contribution in [3.8, 4) is 0 Å². The predicted molar refractivity (Wildman–Crippen MR) is 76.2 cm³/mol. The first kappa shape index (κ1) is 14.6. The van der Waals surface area contributed by atoms with Gasteiger partial charge in [-0.05, 0) is 43.5 Å². The predicted octanol–water partition coefficient (Wildman–Crippen LogP) is 3.44. The molecular weight excluding hydrogens is 258 g/mol. The molecule has 0 aliphatic heterocycles.